The van der Waals surface area contributed by atoms with Gasteiger partial charge in [-0.05, 0) is 25.7 Å². The van der Waals surface area contributed by atoms with E-state index in [-0.39, 0.29) is 13.3 Å². The lowest BCUT2D eigenvalue weighted by Crippen LogP contribution is -2.23. The van der Waals surface area contributed by atoms with Crippen LogP contribution in [0.2, 0.25) is 0 Å². The Morgan fingerprint density at radius 2 is 2.11 bits per heavy atom. The molecule has 0 aromatic carbocycles. The zero-order valence-corrected chi connectivity index (χ0v) is 12.5. The molecule has 0 aliphatic carbocycles. The summed E-state index contributed by atoms with van der Waals surface area (Å²) in [7, 11) is 4.04. The second kappa shape index (κ2) is 12.2. The summed E-state index contributed by atoms with van der Waals surface area (Å²) >= 11 is 0. The first kappa shape index (κ1) is 18.2. The summed E-state index contributed by atoms with van der Waals surface area (Å²) in [6.45, 7) is 3.04. The summed E-state index contributed by atoms with van der Waals surface area (Å²) in [6.07, 6.45) is 9.19. The highest BCUT2D eigenvalue weighted by atomic mass is 33.1. The van der Waals surface area contributed by atoms with Crippen molar-refractivity contribution >= 4 is 27.5 Å². The van der Waals surface area contributed by atoms with Gasteiger partial charge in [-0.3, -0.25) is 4.79 Å². The normalized spacial score (nSPS) is 18.4. The molecule has 2 nitrogen and oxygen atoms in total. The summed E-state index contributed by atoms with van der Waals surface area (Å²) in [6, 6.07) is 0. The van der Waals surface area contributed by atoms with Crippen molar-refractivity contribution in [2.24, 2.45) is 0 Å². The van der Waals surface area contributed by atoms with Crippen molar-refractivity contribution in [1.82, 2.24) is 5.32 Å². The van der Waals surface area contributed by atoms with Crippen molar-refractivity contribution < 1.29 is 4.79 Å². The Morgan fingerprint density at radius 3 is 2.78 bits per heavy atom. The van der Waals surface area contributed by atoms with E-state index < -0.39 is 0 Å². The third-order valence-corrected chi connectivity index (χ3v) is 6.02. The quantitative estimate of drug-likeness (QED) is 0.495. The number of rotatable bonds is 9. The first-order chi connectivity index (χ1) is 8.33. The van der Waals surface area contributed by atoms with Gasteiger partial charge in [-0.2, -0.15) is 0 Å². The molecule has 0 bridgehead atoms. The topological polar surface area (TPSA) is 29.1 Å². The maximum absolute atomic E-state index is 11.5. The molecule has 1 heterocycles. The van der Waals surface area contributed by atoms with Gasteiger partial charge in [-0.25, -0.2) is 0 Å². The predicted octanol–water partition coefficient (Wildman–Crippen LogP) is 4.64. The van der Waals surface area contributed by atoms with Crippen molar-refractivity contribution in [3.63, 3.8) is 0 Å². The molecule has 0 aromatic rings. The van der Waals surface area contributed by atoms with Gasteiger partial charge in [0.15, 0.2) is 0 Å². The monoisotopic (exact) mass is 291 g/mol. The minimum Gasteiger partial charge on any atom is -0.356 e. The smallest absolute Gasteiger partial charge is 0.219 e. The molecule has 1 aliphatic heterocycles. The standard InChI is InChI=1S/C13H25NOS2.CH4/c1-2-3-6-10-14-13(15)8-5-4-7-12-9-11-16-17-12;/h12H,2-11H2,1H3,(H,14,15);1H4/t12-;/m1./s1. The van der Waals surface area contributed by atoms with Gasteiger partial charge in [-0.15, -0.1) is 0 Å². The number of hydrogen-bond acceptors (Lipinski definition) is 3. The van der Waals surface area contributed by atoms with Gasteiger partial charge in [0, 0.05) is 24.0 Å². The molecule has 108 valence electrons. The van der Waals surface area contributed by atoms with Crippen LogP contribution in [0.5, 0.6) is 0 Å². The molecule has 1 saturated heterocycles. The number of unbranched alkanes of at least 4 members (excludes halogenated alkanes) is 3. The molecule has 1 fully saturated rings. The maximum atomic E-state index is 11.5. The van der Waals surface area contributed by atoms with Crippen LogP contribution in [-0.2, 0) is 4.79 Å². The highest BCUT2D eigenvalue weighted by molar-refractivity contribution is 8.77. The number of carbonyl (C=O) groups is 1. The number of amides is 1. The summed E-state index contributed by atoms with van der Waals surface area (Å²) < 4.78 is 0. The first-order valence-corrected chi connectivity index (χ1v) is 9.26. The second-order valence-electron chi connectivity index (χ2n) is 4.63. The number of hydrogen-bond donors (Lipinski definition) is 1. The molecule has 0 radical (unpaired) electrons. The van der Waals surface area contributed by atoms with Crippen LogP contribution in [0.25, 0.3) is 0 Å². The fourth-order valence-electron chi connectivity index (χ4n) is 1.91. The van der Waals surface area contributed by atoms with Crippen molar-refractivity contribution in [3.8, 4) is 0 Å². The Labute approximate surface area is 121 Å². The molecule has 1 rings (SSSR count). The van der Waals surface area contributed by atoms with Gasteiger partial charge in [0.2, 0.25) is 5.91 Å². The molecular formula is C14H29NOS2. The van der Waals surface area contributed by atoms with E-state index in [2.05, 4.69) is 12.2 Å². The highest BCUT2D eigenvalue weighted by Gasteiger charge is 2.15. The summed E-state index contributed by atoms with van der Waals surface area (Å²) in [5, 5.41) is 3.85. The minimum atomic E-state index is 0. The summed E-state index contributed by atoms with van der Waals surface area (Å²) in [4.78, 5) is 11.5. The van der Waals surface area contributed by atoms with Crippen LogP contribution >= 0.6 is 21.6 Å². The fraction of sp³-hybridized carbons (Fsp3) is 0.929. The predicted molar refractivity (Wildman–Crippen MR) is 86.2 cm³/mol. The van der Waals surface area contributed by atoms with E-state index >= 15 is 0 Å². The van der Waals surface area contributed by atoms with Gasteiger partial charge in [0.05, 0.1) is 0 Å². The van der Waals surface area contributed by atoms with E-state index in [1.807, 2.05) is 21.6 Å². The fourth-order valence-corrected chi connectivity index (χ4v) is 4.94. The molecule has 0 unspecified atom stereocenters. The third-order valence-electron chi connectivity index (χ3n) is 3.01. The van der Waals surface area contributed by atoms with Crippen LogP contribution < -0.4 is 5.32 Å². The molecule has 18 heavy (non-hydrogen) atoms. The van der Waals surface area contributed by atoms with Crippen LogP contribution in [0, 0.1) is 0 Å². The molecule has 0 spiro atoms. The van der Waals surface area contributed by atoms with Crippen molar-refractivity contribution in [2.45, 2.75) is 71.0 Å². The van der Waals surface area contributed by atoms with Gasteiger partial charge in [0.25, 0.3) is 0 Å². The Hall–Kier alpha value is 0.170. The average Bonchev–Trinajstić information content (AvgIpc) is 2.83. The zero-order chi connectivity index (χ0) is 12.3. The molecule has 0 aromatic heterocycles. The summed E-state index contributed by atoms with van der Waals surface area (Å²) in [5.41, 5.74) is 0. The molecule has 0 saturated carbocycles. The van der Waals surface area contributed by atoms with E-state index in [0.29, 0.717) is 0 Å². The zero-order valence-electron chi connectivity index (χ0n) is 10.9. The first-order valence-electron chi connectivity index (χ1n) is 6.88. The average molecular weight is 292 g/mol. The lowest BCUT2D eigenvalue weighted by Gasteiger charge is -2.07. The lowest BCUT2D eigenvalue weighted by molar-refractivity contribution is -0.121. The van der Waals surface area contributed by atoms with Gasteiger partial charge < -0.3 is 5.32 Å². The van der Waals surface area contributed by atoms with Crippen molar-refractivity contribution in [2.75, 3.05) is 12.3 Å². The highest BCUT2D eigenvalue weighted by Crippen LogP contribution is 2.39. The van der Waals surface area contributed by atoms with Crippen LogP contribution in [0.4, 0.5) is 0 Å². The Morgan fingerprint density at radius 1 is 1.28 bits per heavy atom. The van der Waals surface area contributed by atoms with Crippen LogP contribution in [-0.4, -0.2) is 23.5 Å². The molecule has 1 aliphatic rings. The largest absolute Gasteiger partial charge is 0.356 e. The van der Waals surface area contributed by atoms with Gasteiger partial charge >= 0.3 is 0 Å². The van der Waals surface area contributed by atoms with Crippen LogP contribution in [0.15, 0.2) is 0 Å². The minimum absolute atomic E-state index is 0. The van der Waals surface area contributed by atoms with E-state index in [1.54, 1.807) is 0 Å². The Kier molecular flexibility index (Phi) is 12.3. The van der Waals surface area contributed by atoms with E-state index in [4.69, 9.17) is 0 Å². The molecule has 1 atom stereocenters. The lowest BCUT2D eigenvalue weighted by atomic mass is 10.1. The molecule has 1 N–H and O–H groups in total. The number of carbonyl (C=O) groups excluding carboxylic acids is 1. The van der Waals surface area contributed by atoms with Crippen molar-refractivity contribution in [1.29, 1.82) is 0 Å². The second-order valence-corrected chi connectivity index (χ2v) is 7.42. The molecule has 1 amide bonds. The van der Waals surface area contributed by atoms with Crippen molar-refractivity contribution in [3.05, 3.63) is 0 Å². The van der Waals surface area contributed by atoms with Gasteiger partial charge in [-0.1, -0.05) is 55.2 Å². The Bertz CT molecular complexity index is 206. The Balaban J connectivity index is 0.00000289. The van der Waals surface area contributed by atoms with E-state index in [1.165, 1.54) is 37.9 Å². The van der Waals surface area contributed by atoms with Gasteiger partial charge in [0.1, 0.15) is 0 Å². The van der Waals surface area contributed by atoms with E-state index in [0.717, 1.165) is 31.1 Å². The van der Waals surface area contributed by atoms with Crippen LogP contribution in [0.1, 0.15) is 65.7 Å². The molecule has 4 heteroatoms. The van der Waals surface area contributed by atoms with E-state index in [9.17, 15) is 4.79 Å². The number of nitrogens with one attached hydrogen (secondary N) is 1. The van der Waals surface area contributed by atoms with Crippen LogP contribution in [0.3, 0.4) is 0 Å². The molecular weight excluding hydrogens is 262 g/mol. The third kappa shape index (κ3) is 9.15. The summed E-state index contributed by atoms with van der Waals surface area (Å²) in [5.74, 6) is 1.56. The maximum Gasteiger partial charge on any atom is 0.219 e. The SMILES string of the molecule is C.CCCCCNC(=O)CCCC[C@@H]1CCSS1.